The van der Waals surface area contributed by atoms with Gasteiger partial charge in [0.25, 0.3) is 0 Å². The molecule has 0 fully saturated rings. The first-order valence-corrected chi connectivity index (χ1v) is 12.7. The van der Waals surface area contributed by atoms with Crippen molar-refractivity contribution in [3.05, 3.63) is 65.2 Å². The monoisotopic (exact) mass is 420 g/mol. The van der Waals surface area contributed by atoms with E-state index < -0.39 is 0 Å². The normalized spacial score (nSPS) is 13.5. The number of rotatable bonds is 15. The van der Waals surface area contributed by atoms with Crippen LogP contribution in [-0.2, 0) is 19.4 Å². The second-order valence-corrected chi connectivity index (χ2v) is 9.09. The molecule has 0 N–H and O–H groups in total. The summed E-state index contributed by atoms with van der Waals surface area (Å²) in [6, 6.07) is 17.5. The zero-order chi connectivity index (χ0) is 22.3. The van der Waals surface area contributed by atoms with Gasteiger partial charge in [0.2, 0.25) is 0 Å². The van der Waals surface area contributed by atoms with Gasteiger partial charge in [-0.2, -0.15) is 10.2 Å². The third kappa shape index (κ3) is 9.80. The highest BCUT2D eigenvalue weighted by Gasteiger charge is 2.07. The lowest BCUT2D eigenvalue weighted by atomic mass is 9.93. The van der Waals surface area contributed by atoms with Crippen LogP contribution in [0.1, 0.15) is 95.8 Å². The van der Waals surface area contributed by atoms with Crippen LogP contribution in [0.3, 0.4) is 0 Å². The van der Waals surface area contributed by atoms with Crippen LogP contribution in [0.25, 0.3) is 0 Å². The van der Waals surface area contributed by atoms with Crippen LogP contribution in [0.4, 0.5) is 5.69 Å². The Morgan fingerprint density at radius 2 is 1.19 bits per heavy atom. The summed E-state index contributed by atoms with van der Waals surface area (Å²) in [7, 11) is 0. The first kappa shape index (κ1) is 25.3. The van der Waals surface area contributed by atoms with Gasteiger partial charge in [-0.25, -0.2) is 0 Å². The number of nitrogens with zero attached hydrogens (tertiary/aromatic N) is 2. The summed E-state index contributed by atoms with van der Waals surface area (Å²) < 4.78 is 0. The van der Waals surface area contributed by atoms with Crippen LogP contribution in [-0.4, -0.2) is 0 Å². The molecule has 31 heavy (non-hydrogen) atoms. The molecule has 2 nitrogen and oxygen atoms in total. The first-order valence-electron chi connectivity index (χ1n) is 12.7. The van der Waals surface area contributed by atoms with E-state index in [0.29, 0.717) is 6.54 Å². The molecule has 2 aromatic carbocycles. The maximum absolute atomic E-state index is 4.51. The quantitative estimate of drug-likeness (QED) is 0.256. The Morgan fingerprint density at radius 3 is 1.77 bits per heavy atom. The smallest absolute Gasteiger partial charge is 0.0855 e. The maximum atomic E-state index is 4.51. The van der Waals surface area contributed by atoms with E-state index in [1.807, 2.05) is 0 Å². The fourth-order valence-corrected chi connectivity index (χ4v) is 4.52. The van der Waals surface area contributed by atoms with Gasteiger partial charge in [0.15, 0.2) is 0 Å². The van der Waals surface area contributed by atoms with E-state index in [9.17, 15) is 0 Å². The third-order valence-electron chi connectivity index (χ3n) is 6.57. The highest BCUT2D eigenvalue weighted by molar-refractivity contribution is 5.39. The molecular formula is C29H44N2. The Labute approximate surface area is 191 Å². The number of azo groups is 1. The molecule has 0 bridgehead atoms. The highest BCUT2D eigenvalue weighted by Crippen LogP contribution is 2.22. The van der Waals surface area contributed by atoms with Crippen molar-refractivity contribution >= 4 is 5.69 Å². The molecule has 0 saturated heterocycles. The molecule has 0 aliphatic rings. The molecule has 0 aliphatic heterocycles. The molecule has 2 unspecified atom stereocenters. The van der Waals surface area contributed by atoms with Crippen LogP contribution in [0.5, 0.6) is 0 Å². The molecule has 2 atom stereocenters. The minimum absolute atomic E-state index is 0.651. The molecule has 0 aliphatic carbocycles. The van der Waals surface area contributed by atoms with Crippen LogP contribution in [0.2, 0.25) is 0 Å². The largest absolute Gasteiger partial charge is 0.184 e. The van der Waals surface area contributed by atoms with Crippen LogP contribution in [0.15, 0.2) is 58.8 Å². The minimum Gasteiger partial charge on any atom is -0.184 e. The van der Waals surface area contributed by atoms with Crippen molar-refractivity contribution in [2.45, 2.75) is 98.4 Å². The Morgan fingerprint density at radius 1 is 0.645 bits per heavy atom. The average Bonchev–Trinajstić information content (AvgIpc) is 2.80. The minimum atomic E-state index is 0.651. The summed E-state index contributed by atoms with van der Waals surface area (Å²) in [5.41, 5.74) is 5.04. The van der Waals surface area contributed by atoms with Crippen LogP contribution < -0.4 is 0 Å². The second kappa shape index (κ2) is 14.9. The van der Waals surface area contributed by atoms with Crippen molar-refractivity contribution in [1.82, 2.24) is 0 Å². The summed E-state index contributed by atoms with van der Waals surface area (Å²) in [4.78, 5) is 0. The summed E-state index contributed by atoms with van der Waals surface area (Å²) in [5.74, 6) is 1.70. The fourth-order valence-electron chi connectivity index (χ4n) is 4.52. The van der Waals surface area contributed by atoms with Crippen molar-refractivity contribution < 1.29 is 0 Å². The molecule has 0 heterocycles. The lowest BCUT2D eigenvalue weighted by Crippen LogP contribution is -2.00. The molecule has 2 aromatic rings. The molecule has 0 saturated carbocycles. The third-order valence-corrected chi connectivity index (χ3v) is 6.57. The zero-order valence-electron chi connectivity index (χ0n) is 20.4. The van der Waals surface area contributed by atoms with E-state index >= 15 is 0 Å². The van der Waals surface area contributed by atoms with Gasteiger partial charge in [-0.1, -0.05) is 103 Å². The SMILES string of the molecule is CCCC(CC)CCc1cccc(CN=Nc2cccc(CCC(CC)CCC)c2)c1. The van der Waals surface area contributed by atoms with Gasteiger partial charge in [0.05, 0.1) is 12.2 Å². The van der Waals surface area contributed by atoms with Gasteiger partial charge < -0.3 is 0 Å². The Bertz CT molecular complexity index is 765. The van der Waals surface area contributed by atoms with Crippen molar-refractivity contribution in [3.63, 3.8) is 0 Å². The van der Waals surface area contributed by atoms with Crippen molar-refractivity contribution in [1.29, 1.82) is 0 Å². The summed E-state index contributed by atoms with van der Waals surface area (Å²) in [6.07, 6.45) is 12.7. The van der Waals surface area contributed by atoms with Crippen molar-refractivity contribution in [2.24, 2.45) is 22.1 Å². The number of hydrogen-bond donors (Lipinski definition) is 0. The molecule has 0 spiro atoms. The zero-order valence-corrected chi connectivity index (χ0v) is 20.4. The molecule has 0 amide bonds. The Kier molecular flexibility index (Phi) is 12.2. The van der Waals surface area contributed by atoms with E-state index in [4.69, 9.17) is 0 Å². The molecular weight excluding hydrogens is 376 g/mol. The van der Waals surface area contributed by atoms with Gasteiger partial charge in [-0.3, -0.25) is 0 Å². The average molecular weight is 421 g/mol. The van der Waals surface area contributed by atoms with E-state index in [0.717, 1.165) is 23.9 Å². The fraction of sp³-hybridized carbons (Fsp3) is 0.586. The van der Waals surface area contributed by atoms with Gasteiger partial charge in [0, 0.05) is 0 Å². The van der Waals surface area contributed by atoms with Crippen LogP contribution in [0, 0.1) is 11.8 Å². The second-order valence-electron chi connectivity index (χ2n) is 9.09. The highest BCUT2D eigenvalue weighted by atomic mass is 15.1. The molecule has 2 rings (SSSR count). The van der Waals surface area contributed by atoms with E-state index in [1.54, 1.807) is 0 Å². The Balaban J connectivity index is 1.88. The van der Waals surface area contributed by atoms with Crippen LogP contribution >= 0.6 is 0 Å². The lowest BCUT2D eigenvalue weighted by molar-refractivity contribution is 0.432. The van der Waals surface area contributed by atoms with E-state index in [1.165, 1.54) is 74.5 Å². The van der Waals surface area contributed by atoms with Crippen molar-refractivity contribution in [2.75, 3.05) is 0 Å². The predicted molar refractivity (Wildman–Crippen MR) is 135 cm³/mol. The standard InChI is InChI=1S/C29H44N2/c1-5-11-24(7-3)17-19-26-13-9-15-28(21-26)23-30-31-29-16-10-14-27(22-29)20-18-25(8-4)12-6-2/h9-10,13-16,21-22,24-25H,5-8,11-12,17-20,23H2,1-4H3. The molecule has 0 aromatic heterocycles. The molecule has 170 valence electrons. The number of aryl methyl sites for hydroxylation is 2. The summed E-state index contributed by atoms with van der Waals surface area (Å²) in [6.45, 7) is 9.86. The summed E-state index contributed by atoms with van der Waals surface area (Å²) >= 11 is 0. The first-order chi connectivity index (χ1) is 15.2. The number of hydrogen-bond acceptors (Lipinski definition) is 2. The van der Waals surface area contributed by atoms with Gasteiger partial charge in [-0.15, -0.1) is 0 Å². The van der Waals surface area contributed by atoms with Gasteiger partial charge in [0.1, 0.15) is 0 Å². The van der Waals surface area contributed by atoms with Gasteiger partial charge in [-0.05, 0) is 66.3 Å². The summed E-state index contributed by atoms with van der Waals surface area (Å²) in [5, 5.41) is 9.01. The number of benzene rings is 2. The van der Waals surface area contributed by atoms with E-state index in [2.05, 4.69) is 86.5 Å². The Hall–Kier alpha value is -1.96. The van der Waals surface area contributed by atoms with Crippen molar-refractivity contribution in [3.8, 4) is 0 Å². The predicted octanol–water partition coefficient (Wildman–Crippen LogP) is 9.49. The topological polar surface area (TPSA) is 24.7 Å². The van der Waals surface area contributed by atoms with Gasteiger partial charge >= 0.3 is 0 Å². The molecule has 0 radical (unpaired) electrons. The van der Waals surface area contributed by atoms with E-state index in [-0.39, 0.29) is 0 Å². The maximum Gasteiger partial charge on any atom is 0.0855 e. The lowest BCUT2D eigenvalue weighted by Gasteiger charge is -2.13. The molecule has 2 heteroatoms.